The van der Waals surface area contributed by atoms with Crippen molar-refractivity contribution in [2.45, 2.75) is 6.92 Å². The second kappa shape index (κ2) is 6.81. The molecule has 0 bridgehead atoms. The van der Waals surface area contributed by atoms with Crippen LogP contribution in [0.2, 0.25) is 5.02 Å². The van der Waals surface area contributed by atoms with E-state index in [0.29, 0.717) is 11.6 Å². The van der Waals surface area contributed by atoms with Crippen molar-refractivity contribution in [2.24, 2.45) is 5.10 Å². The smallest absolute Gasteiger partial charge is 0.119 e. The number of anilines is 1. The Labute approximate surface area is 117 Å². The van der Waals surface area contributed by atoms with Crippen LogP contribution in [0.15, 0.2) is 53.6 Å². The maximum Gasteiger partial charge on any atom is 0.119 e. The molecule has 1 N–H and O–H groups in total. The van der Waals surface area contributed by atoms with Gasteiger partial charge in [-0.3, -0.25) is 5.43 Å². The van der Waals surface area contributed by atoms with Crippen molar-refractivity contribution in [3.63, 3.8) is 0 Å². The summed E-state index contributed by atoms with van der Waals surface area (Å²) in [5.41, 5.74) is 4.84. The molecule has 4 heteroatoms. The summed E-state index contributed by atoms with van der Waals surface area (Å²) in [5.74, 6) is 0.866. The molecule has 98 valence electrons. The number of hydrogen-bond acceptors (Lipinski definition) is 3. The van der Waals surface area contributed by atoms with Crippen LogP contribution in [-0.4, -0.2) is 12.8 Å². The number of nitrogens with one attached hydrogen (secondary N) is 1. The molecule has 2 rings (SSSR count). The first-order valence-electron chi connectivity index (χ1n) is 6.05. The molecule has 0 atom stereocenters. The fourth-order valence-corrected chi connectivity index (χ4v) is 1.65. The van der Waals surface area contributed by atoms with E-state index in [1.54, 1.807) is 6.21 Å². The molecule has 0 spiro atoms. The van der Waals surface area contributed by atoms with Gasteiger partial charge in [-0.15, -0.1) is 0 Å². The van der Waals surface area contributed by atoms with Crippen molar-refractivity contribution in [1.82, 2.24) is 0 Å². The average Bonchev–Trinajstić information content (AvgIpc) is 2.43. The molecular weight excluding hydrogens is 260 g/mol. The van der Waals surface area contributed by atoms with E-state index in [2.05, 4.69) is 10.5 Å². The quantitative estimate of drug-likeness (QED) is 0.655. The zero-order chi connectivity index (χ0) is 13.5. The first-order valence-corrected chi connectivity index (χ1v) is 6.43. The van der Waals surface area contributed by atoms with E-state index in [-0.39, 0.29) is 0 Å². The van der Waals surface area contributed by atoms with Crippen LogP contribution < -0.4 is 10.2 Å². The Morgan fingerprint density at radius 3 is 2.42 bits per heavy atom. The summed E-state index contributed by atoms with van der Waals surface area (Å²) in [6.07, 6.45) is 1.75. The Balaban J connectivity index is 1.93. The number of benzene rings is 2. The Bertz CT molecular complexity index is 535. The van der Waals surface area contributed by atoms with Gasteiger partial charge in [-0.2, -0.15) is 5.10 Å². The molecule has 0 aliphatic heterocycles. The number of hydrogen-bond donors (Lipinski definition) is 1. The minimum atomic E-state index is 0.672. The average molecular weight is 275 g/mol. The number of rotatable bonds is 5. The molecule has 2 aromatic rings. The first kappa shape index (κ1) is 13.4. The van der Waals surface area contributed by atoms with Crippen molar-refractivity contribution in [3.05, 3.63) is 59.1 Å². The van der Waals surface area contributed by atoms with Gasteiger partial charge in [0.2, 0.25) is 0 Å². The summed E-state index contributed by atoms with van der Waals surface area (Å²) < 4.78 is 5.37. The number of ether oxygens (including phenoxy) is 1. The topological polar surface area (TPSA) is 33.6 Å². The van der Waals surface area contributed by atoms with Gasteiger partial charge in [0.25, 0.3) is 0 Å². The summed E-state index contributed by atoms with van der Waals surface area (Å²) in [7, 11) is 0. The number of halogens is 1. The van der Waals surface area contributed by atoms with Crippen LogP contribution in [-0.2, 0) is 0 Å². The molecule has 2 aromatic carbocycles. The van der Waals surface area contributed by atoms with Crippen LogP contribution in [0.1, 0.15) is 12.5 Å². The van der Waals surface area contributed by atoms with Crippen molar-refractivity contribution < 1.29 is 4.74 Å². The molecule has 0 saturated heterocycles. The third-order valence-electron chi connectivity index (χ3n) is 2.44. The largest absolute Gasteiger partial charge is 0.494 e. The van der Waals surface area contributed by atoms with Crippen molar-refractivity contribution in [3.8, 4) is 5.75 Å². The van der Waals surface area contributed by atoms with Crippen LogP contribution in [0.25, 0.3) is 0 Å². The second-order valence-electron chi connectivity index (χ2n) is 3.88. The maximum atomic E-state index is 5.80. The summed E-state index contributed by atoms with van der Waals surface area (Å²) >= 11 is 5.80. The van der Waals surface area contributed by atoms with Gasteiger partial charge in [-0.05, 0) is 61.0 Å². The van der Waals surface area contributed by atoms with Crippen molar-refractivity contribution >= 4 is 23.5 Å². The lowest BCUT2D eigenvalue weighted by Gasteiger charge is -2.02. The summed E-state index contributed by atoms with van der Waals surface area (Å²) in [6, 6.07) is 15.1. The monoisotopic (exact) mass is 274 g/mol. The van der Waals surface area contributed by atoms with Gasteiger partial charge in [-0.25, -0.2) is 0 Å². The second-order valence-corrected chi connectivity index (χ2v) is 4.32. The lowest BCUT2D eigenvalue weighted by molar-refractivity contribution is 0.340. The SMILES string of the molecule is CCOc1ccc(C=NNc2ccc(Cl)cc2)cc1. The number of hydrazone groups is 1. The van der Waals surface area contributed by atoms with Crippen molar-refractivity contribution in [2.75, 3.05) is 12.0 Å². The Kier molecular flexibility index (Phi) is 4.81. The minimum absolute atomic E-state index is 0.672. The first-order chi connectivity index (χ1) is 9.28. The summed E-state index contributed by atoms with van der Waals surface area (Å²) in [5, 5.41) is 4.87. The van der Waals surface area contributed by atoms with E-state index < -0.39 is 0 Å². The van der Waals surface area contributed by atoms with Gasteiger partial charge in [0.1, 0.15) is 5.75 Å². The van der Waals surface area contributed by atoms with E-state index in [1.807, 2.05) is 55.5 Å². The third kappa shape index (κ3) is 4.30. The lowest BCUT2D eigenvalue weighted by atomic mass is 10.2. The van der Waals surface area contributed by atoms with E-state index in [9.17, 15) is 0 Å². The highest BCUT2D eigenvalue weighted by molar-refractivity contribution is 6.30. The van der Waals surface area contributed by atoms with Gasteiger partial charge in [0.05, 0.1) is 18.5 Å². The normalized spacial score (nSPS) is 10.6. The van der Waals surface area contributed by atoms with Gasteiger partial charge in [0, 0.05) is 5.02 Å². The van der Waals surface area contributed by atoms with Crippen LogP contribution in [0.4, 0.5) is 5.69 Å². The Hall–Kier alpha value is -2.00. The molecule has 0 fully saturated rings. The molecule has 19 heavy (non-hydrogen) atoms. The fraction of sp³-hybridized carbons (Fsp3) is 0.133. The molecular formula is C15H15ClN2O. The minimum Gasteiger partial charge on any atom is -0.494 e. The molecule has 0 saturated carbocycles. The van der Waals surface area contributed by atoms with E-state index in [4.69, 9.17) is 16.3 Å². The molecule has 0 aromatic heterocycles. The predicted molar refractivity (Wildman–Crippen MR) is 80.3 cm³/mol. The summed E-state index contributed by atoms with van der Waals surface area (Å²) in [6.45, 7) is 2.64. The zero-order valence-corrected chi connectivity index (χ0v) is 11.4. The molecule has 0 radical (unpaired) electrons. The molecule has 3 nitrogen and oxygen atoms in total. The highest BCUT2D eigenvalue weighted by Gasteiger charge is 1.92. The highest BCUT2D eigenvalue weighted by Crippen LogP contribution is 2.13. The van der Waals surface area contributed by atoms with Crippen molar-refractivity contribution in [1.29, 1.82) is 0 Å². The van der Waals surface area contributed by atoms with Crippen LogP contribution in [0.5, 0.6) is 5.75 Å². The maximum absolute atomic E-state index is 5.80. The predicted octanol–water partition coefficient (Wildman–Crippen LogP) is 4.18. The van der Waals surface area contributed by atoms with E-state index in [1.165, 1.54) is 0 Å². The fourth-order valence-electron chi connectivity index (χ4n) is 1.52. The Morgan fingerprint density at radius 2 is 1.79 bits per heavy atom. The Morgan fingerprint density at radius 1 is 1.11 bits per heavy atom. The highest BCUT2D eigenvalue weighted by atomic mass is 35.5. The van der Waals surface area contributed by atoms with Crippen LogP contribution in [0, 0.1) is 0 Å². The third-order valence-corrected chi connectivity index (χ3v) is 2.69. The summed E-state index contributed by atoms with van der Waals surface area (Å²) in [4.78, 5) is 0. The standard InChI is InChI=1S/C15H15ClN2O/c1-2-19-15-9-3-12(4-10-15)11-17-18-14-7-5-13(16)6-8-14/h3-11,18H,2H2,1H3. The van der Waals surface area contributed by atoms with Gasteiger partial charge < -0.3 is 4.74 Å². The molecule has 0 amide bonds. The zero-order valence-electron chi connectivity index (χ0n) is 10.6. The molecule has 0 aliphatic rings. The van der Waals surface area contributed by atoms with Crippen LogP contribution in [0.3, 0.4) is 0 Å². The lowest BCUT2D eigenvalue weighted by Crippen LogP contribution is -1.92. The molecule has 0 heterocycles. The molecule has 0 aliphatic carbocycles. The van der Waals surface area contributed by atoms with Gasteiger partial charge in [-0.1, -0.05) is 11.6 Å². The number of nitrogens with zero attached hydrogens (tertiary/aromatic N) is 1. The van der Waals surface area contributed by atoms with E-state index in [0.717, 1.165) is 17.0 Å². The van der Waals surface area contributed by atoms with E-state index >= 15 is 0 Å². The van der Waals surface area contributed by atoms with Crippen LogP contribution >= 0.6 is 11.6 Å². The van der Waals surface area contributed by atoms with Gasteiger partial charge >= 0.3 is 0 Å². The molecule has 0 unspecified atom stereocenters. The van der Waals surface area contributed by atoms with Gasteiger partial charge in [0.15, 0.2) is 0 Å².